The maximum Gasteiger partial charge on any atom is 0.167 e. The fourth-order valence-electron chi connectivity index (χ4n) is 4.81. The van der Waals surface area contributed by atoms with Crippen molar-refractivity contribution in [3.63, 3.8) is 0 Å². The topological polar surface area (TPSA) is 38.7 Å². The summed E-state index contributed by atoms with van der Waals surface area (Å²) in [5.41, 5.74) is 7.71. The molecule has 4 aromatic rings. The SMILES string of the molecule is Cc1ccc(F)c(-c2nc(-c3cc(C(C)(C)C)cc(C(C)(C)C)c3)nc(-c3cc(C(C)(C)C)cc(C(C)(C)C)c3)n2)c1. The average molecular weight is 566 g/mol. The zero-order valence-corrected chi connectivity index (χ0v) is 27.9. The quantitative estimate of drug-likeness (QED) is 0.248. The maximum atomic E-state index is 15.3. The minimum absolute atomic E-state index is 0.0694. The van der Waals surface area contributed by atoms with Gasteiger partial charge in [0.25, 0.3) is 0 Å². The third kappa shape index (κ3) is 6.97. The molecule has 0 spiro atoms. The molecule has 3 aromatic carbocycles. The minimum atomic E-state index is -0.346. The Morgan fingerprint density at radius 3 is 1.12 bits per heavy atom. The van der Waals surface area contributed by atoms with Crippen LogP contribution in [0.4, 0.5) is 4.39 Å². The Morgan fingerprint density at radius 1 is 0.452 bits per heavy atom. The van der Waals surface area contributed by atoms with Crippen molar-refractivity contribution in [2.45, 2.75) is 112 Å². The molecule has 0 fully saturated rings. The van der Waals surface area contributed by atoms with E-state index < -0.39 is 0 Å². The van der Waals surface area contributed by atoms with Crippen molar-refractivity contribution in [3.05, 3.63) is 88.2 Å². The van der Waals surface area contributed by atoms with E-state index in [9.17, 15) is 0 Å². The second kappa shape index (κ2) is 10.7. The largest absolute Gasteiger partial charge is 0.208 e. The highest BCUT2D eigenvalue weighted by Crippen LogP contribution is 2.36. The van der Waals surface area contributed by atoms with E-state index in [1.54, 1.807) is 6.07 Å². The molecule has 4 heteroatoms. The molecule has 0 saturated carbocycles. The molecule has 0 atom stereocenters. The number of rotatable bonds is 3. The highest BCUT2D eigenvalue weighted by molar-refractivity contribution is 5.69. The molecule has 0 aliphatic carbocycles. The van der Waals surface area contributed by atoms with E-state index >= 15 is 4.39 Å². The molecule has 222 valence electrons. The van der Waals surface area contributed by atoms with Crippen molar-refractivity contribution >= 4 is 0 Å². The Balaban J connectivity index is 2.09. The van der Waals surface area contributed by atoms with Crippen LogP contribution < -0.4 is 0 Å². The summed E-state index contributed by atoms with van der Waals surface area (Å²) in [6, 6.07) is 18.4. The summed E-state index contributed by atoms with van der Waals surface area (Å²) in [4.78, 5) is 15.0. The van der Waals surface area contributed by atoms with E-state index in [1.165, 1.54) is 28.3 Å². The lowest BCUT2D eigenvalue weighted by Gasteiger charge is -2.26. The smallest absolute Gasteiger partial charge is 0.167 e. The van der Waals surface area contributed by atoms with E-state index in [2.05, 4.69) is 119 Å². The van der Waals surface area contributed by atoms with Crippen molar-refractivity contribution in [2.24, 2.45) is 0 Å². The third-order valence-corrected chi connectivity index (χ3v) is 7.84. The fourth-order valence-corrected chi connectivity index (χ4v) is 4.81. The first-order valence-electron chi connectivity index (χ1n) is 15.0. The zero-order chi connectivity index (χ0) is 31.4. The first-order chi connectivity index (χ1) is 19.1. The zero-order valence-electron chi connectivity index (χ0n) is 27.9. The van der Waals surface area contributed by atoms with Gasteiger partial charge in [-0.1, -0.05) is 107 Å². The molecule has 3 nitrogen and oxygen atoms in total. The second-order valence-electron chi connectivity index (χ2n) is 15.9. The molecule has 4 rings (SSSR count). The molecule has 0 saturated heterocycles. The van der Waals surface area contributed by atoms with Crippen molar-refractivity contribution in [1.82, 2.24) is 15.0 Å². The molecule has 1 heterocycles. The molecule has 0 radical (unpaired) electrons. The van der Waals surface area contributed by atoms with Gasteiger partial charge < -0.3 is 0 Å². The third-order valence-electron chi connectivity index (χ3n) is 7.84. The molecule has 0 amide bonds. The normalized spacial score (nSPS) is 13.0. The van der Waals surface area contributed by atoms with Crippen LogP contribution in [0, 0.1) is 12.7 Å². The average Bonchev–Trinajstić information content (AvgIpc) is 2.87. The van der Waals surface area contributed by atoms with Crippen LogP contribution in [-0.2, 0) is 21.7 Å². The van der Waals surface area contributed by atoms with E-state index in [0.29, 0.717) is 23.0 Å². The lowest BCUT2D eigenvalue weighted by Crippen LogP contribution is -2.17. The summed E-state index contributed by atoms with van der Waals surface area (Å²) in [7, 11) is 0. The van der Waals surface area contributed by atoms with Crippen LogP contribution >= 0.6 is 0 Å². The standard InChI is InChI=1S/C38H48FN3/c1-23-14-15-31(39)30(16-23)34-41-32(24-17-26(35(2,3)4)21-27(18-24)36(5,6)7)40-33(42-34)25-19-28(37(8,9)10)22-29(20-25)38(11,12)13/h14-22H,1-13H3. The van der Waals surface area contributed by atoms with Gasteiger partial charge in [0.1, 0.15) is 5.82 Å². The Bertz CT molecular complexity index is 1460. The van der Waals surface area contributed by atoms with Gasteiger partial charge in [-0.05, 0) is 87.2 Å². The van der Waals surface area contributed by atoms with Crippen LogP contribution in [0.3, 0.4) is 0 Å². The second-order valence-corrected chi connectivity index (χ2v) is 15.9. The number of benzene rings is 3. The van der Waals surface area contributed by atoms with Gasteiger partial charge in [-0.15, -0.1) is 0 Å². The van der Waals surface area contributed by atoms with Gasteiger partial charge in [0.15, 0.2) is 17.5 Å². The van der Waals surface area contributed by atoms with E-state index in [0.717, 1.165) is 16.7 Å². The van der Waals surface area contributed by atoms with E-state index in [4.69, 9.17) is 15.0 Å². The summed E-state index contributed by atoms with van der Waals surface area (Å²) in [6.07, 6.45) is 0. The minimum Gasteiger partial charge on any atom is -0.208 e. The van der Waals surface area contributed by atoms with Crippen LogP contribution in [0.1, 0.15) is 111 Å². The van der Waals surface area contributed by atoms with Crippen molar-refractivity contribution < 1.29 is 4.39 Å². The Kier molecular flexibility index (Phi) is 8.04. The highest BCUT2D eigenvalue weighted by atomic mass is 19.1. The van der Waals surface area contributed by atoms with Gasteiger partial charge in [0, 0.05) is 11.1 Å². The molecule has 0 aliphatic rings. The van der Waals surface area contributed by atoms with Crippen LogP contribution in [0.25, 0.3) is 34.2 Å². The number of halogens is 1. The molecule has 1 aromatic heterocycles. The van der Waals surface area contributed by atoms with Crippen LogP contribution in [-0.4, -0.2) is 15.0 Å². The van der Waals surface area contributed by atoms with Gasteiger partial charge >= 0.3 is 0 Å². The molecular weight excluding hydrogens is 517 g/mol. The summed E-state index contributed by atoms with van der Waals surface area (Å²) in [5.74, 6) is 1.09. The summed E-state index contributed by atoms with van der Waals surface area (Å²) >= 11 is 0. The van der Waals surface area contributed by atoms with E-state index in [-0.39, 0.29) is 27.5 Å². The summed E-state index contributed by atoms with van der Waals surface area (Å²) < 4.78 is 15.3. The Hall–Kier alpha value is -3.40. The Morgan fingerprint density at radius 2 is 0.786 bits per heavy atom. The monoisotopic (exact) mass is 565 g/mol. The van der Waals surface area contributed by atoms with Gasteiger partial charge in [-0.25, -0.2) is 19.3 Å². The molecule has 42 heavy (non-hydrogen) atoms. The number of aromatic nitrogens is 3. The van der Waals surface area contributed by atoms with Crippen molar-refractivity contribution in [2.75, 3.05) is 0 Å². The lowest BCUT2D eigenvalue weighted by atomic mass is 9.79. The first kappa shape index (κ1) is 31.5. The van der Waals surface area contributed by atoms with Gasteiger partial charge in [-0.3, -0.25) is 0 Å². The van der Waals surface area contributed by atoms with Crippen LogP contribution in [0.5, 0.6) is 0 Å². The lowest BCUT2D eigenvalue weighted by molar-refractivity contribution is 0.568. The first-order valence-corrected chi connectivity index (χ1v) is 15.0. The molecule has 0 bridgehead atoms. The summed E-state index contributed by atoms with van der Waals surface area (Å²) in [5, 5.41) is 0. The maximum absolute atomic E-state index is 15.3. The molecule has 0 aliphatic heterocycles. The highest BCUT2D eigenvalue weighted by Gasteiger charge is 2.25. The number of hydrogen-bond donors (Lipinski definition) is 0. The van der Waals surface area contributed by atoms with Crippen molar-refractivity contribution in [3.8, 4) is 34.2 Å². The predicted octanol–water partition coefficient (Wildman–Crippen LogP) is 10.5. The Labute approximate surface area is 253 Å². The molecule has 0 N–H and O–H groups in total. The van der Waals surface area contributed by atoms with E-state index in [1.807, 2.05) is 13.0 Å². The van der Waals surface area contributed by atoms with Crippen molar-refractivity contribution in [1.29, 1.82) is 0 Å². The number of nitrogens with zero attached hydrogens (tertiary/aromatic N) is 3. The predicted molar refractivity (Wildman–Crippen MR) is 176 cm³/mol. The van der Waals surface area contributed by atoms with Crippen LogP contribution in [0.15, 0.2) is 54.6 Å². The number of aryl methyl sites for hydroxylation is 1. The molecule has 0 unspecified atom stereocenters. The fraction of sp³-hybridized carbons (Fsp3) is 0.447. The van der Waals surface area contributed by atoms with Crippen LogP contribution in [0.2, 0.25) is 0 Å². The number of hydrogen-bond acceptors (Lipinski definition) is 3. The van der Waals surface area contributed by atoms with Gasteiger partial charge in [-0.2, -0.15) is 0 Å². The molecular formula is C38H48FN3. The summed E-state index contributed by atoms with van der Waals surface area (Å²) in [6.45, 7) is 28.6. The van der Waals surface area contributed by atoms with Gasteiger partial charge in [0.2, 0.25) is 0 Å². The van der Waals surface area contributed by atoms with Gasteiger partial charge in [0.05, 0.1) is 5.56 Å².